The molecule has 2 heterocycles. The lowest BCUT2D eigenvalue weighted by Gasteiger charge is -2.32. The van der Waals surface area contributed by atoms with Crippen molar-refractivity contribution in [2.24, 2.45) is 12.8 Å². The SMILES string of the molecule is Cn1nncc1N1CCC(OCCCN)CC1. The number of hydrogen-bond acceptors (Lipinski definition) is 5. The summed E-state index contributed by atoms with van der Waals surface area (Å²) in [5.74, 6) is 1.09. The highest BCUT2D eigenvalue weighted by Gasteiger charge is 2.21. The highest BCUT2D eigenvalue weighted by Crippen LogP contribution is 2.19. The number of rotatable bonds is 5. The number of aryl methyl sites for hydroxylation is 1. The lowest BCUT2D eigenvalue weighted by molar-refractivity contribution is 0.0365. The fourth-order valence-corrected chi connectivity index (χ4v) is 2.16. The smallest absolute Gasteiger partial charge is 0.147 e. The van der Waals surface area contributed by atoms with E-state index in [1.165, 1.54) is 0 Å². The van der Waals surface area contributed by atoms with Crippen molar-refractivity contribution in [2.45, 2.75) is 25.4 Å². The zero-order valence-electron chi connectivity index (χ0n) is 10.4. The van der Waals surface area contributed by atoms with Crippen LogP contribution in [0.4, 0.5) is 5.82 Å². The molecule has 1 aliphatic rings. The summed E-state index contributed by atoms with van der Waals surface area (Å²) in [5, 5.41) is 7.85. The van der Waals surface area contributed by atoms with Gasteiger partial charge in [0.2, 0.25) is 0 Å². The molecule has 2 N–H and O–H groups in total. The van der Waals surface area contributed by atoms with Crippen molar-refractivity contribution in [2.75, 3.05) is 31.1 Å². The van der Waals surface area contributed by atoms with Crippen LogP contribution in [0.1, 0.15) is 19.3 Å². The Hall–Kier alpha value is -1.14. The first-order valence-electron chi connectivity index (χ1n) is 6.22. The third-order valence-corrected chi connectivity index (χ3v) is 3.16. The molecule has 17 heavy (non-hydrogen) atoms. The van der Waals surface area contributed by atoms with Crippen LogP contribution >= 0.6 is 0 Å². The highest BCUT2D eigenvalue weighted by molar-refractivity contribution is 5.36. The Kier molecular flexibility index (Phi) is 4.33. The molecule has 0 radical (unpaired) electrons. The van der Waals surface area contributed by atoms with Gasteiger partial charge in [-0.25, -0.2) is 4.68 Å². The van der Waals surface area contributed by atoms with Crippen LogP contribution in [-0.2, 0) is 11.8 Å². The van der Waals surface area contributed by atoms with E-state index in [0.717, 1.165) is 44.8 Å². The van der Waals surface area contributed by atoms with Crippen molar-refractivity contribution < 1.29 is 4.74 Å². The highest BCUT2D eigenvalue weighted by atomic mass is 16.5. The molecule has 0 spiro atoms. The van der Waals surface area contributed by atoms with Gasteiger partial charge >= 0.3 is 0 Å². The molecule has 6 heteroatoms. The van der Waals surface area contributed by atoms with Gasteiger partial charge in [-0.15, -0.1) is 5.10 Å². The molecule has 2 rings (SSSR count). The van der Waals surface area contributed by atoms with Gasteiger partial charge in [-0.05, 0) is 25.8 Å². The molecule has 1 aromatic heterocycles. The van der Waals surface area contributed by atoms with Crippen LogP contribution in [0.3, 0.4) is 0 Å². The minimum absolute atomic E-state index is 0.388. The Morgan fingerprint density at radius 3 is 2.82 bits per heavy atom. The maximum Gasteiger partial charge on any atom is 0.147 e. The first-order chi connectivity index (χ1) is 8.31. The molecule has 1 saturated heterocycles. The van der Waals surface area contributed by atoms with Gasteiger partial charge in [0.15, 0.2) is 0 Å². The number of anilines is 1. The Morgan fingerprint density at radius 2 is 2.24 bits per heavy atom. The average molecular weight is 239 g/mol. The van der Waals surface area contributed by atoms with Gasteiger partial charge in [0.1, 0.15) is 5.82 Å². The number of aromatic nitrogens is 3. The minimum Gasteiger partial charge on any atom is -0.378 e. The second-order valence-electron chi connectivity index (χ2n) is 4.42. The first kappa shape index (κ1) is 12.3. The Bertz CT molecular complexity index is 332. The van der Waals surface area contributed by atoms with Gasteiger partial charge in [-0.1, -0.05) is 5.21 Å². The van der Waals surface area contributed by atoms with E-state index < -0.39 is 0 Å². The molecule has 6 nitrogen and oxygen atoms in total. The molecule has 0 atom stereocenters. The van der Waals surface area contributed by atoms with Crippen molar-refractivity contribution in [3.63, 3.8) is 0 Å². The summed E-state index contributed by atoms with van der Waals surface area (Å²) in [6.07, 6.45) is 5.28. The molecule has 0 aromatic carbocycles. The summed E-state index contributed by atoms with van der Waals surface area (Å²) in [6, 6.07) is 0. The van der Waals surface area contributed by atoms with E-state index in [4.69, 9.17) is 10.5 Å². The minimum atomic E-state index is 0.388. The van der Waals surface area contributed by atoms with Gasteiger partial charge in [0.05, 0.1) is 12.3 Å². The molecule has 0 unspecified atom stereocenters. The fraction of sp³-hybridized carbons (Fsp3) is 0.818. The summed E-state index contributed by atoms with van der Waals surface area (Å²) in [4.78, 5) is 2.31. The maximum absolute atomic E-state index is 5.77. The third kappa shape index (κ3) is 3.17. The number of nitrogens with zero attached hydrogens (tertiary/aromatic N) is 4. The van der Waals surface area contributed by atoms with E-state index in [2.05, 4.69) is 15.2 Å². The molecule has 0 saturated carbocycles. The Morgan fingerprint density at radius 1 is 1.47 bits per heavy atom. The molecule has 1 aliphatic heterocycles. The van der Waals surface area contributed by atoms with Crippen LogP contribution in [-0.4, -0.2) is 47.3 Å². The number of hydrogen-bond donors (Lipinski definition) is 1. The van der Waals surface area contributed by atoms with Crippen LogP contribution in [0, 0.1) is 0 Å². The van der Waals surface area contributed by atoms with Crippen molar-refractivity contribution >= 4 is 5.82 Å². The summed E-state index contributed by atoms with van der Waals surface area (Å²) in [6.45, 7) is 3.51. The molecule has 1 aromatic rings. The lowest BCUT2D eigenvalue weighted by Crippen LogP contribution is -2.38. The lowest BCUT2D eigenvalue weighted by atomic mass is 10.1. The second-order valence-corrected chi connectivity index (χ2v) is 4.42. The zero-order chi connectivity index (χ0) is 12.1. The normalized spacial score (nSPS) is 17.6. The van der Waals surface area contributed by atoms with Crippen molar-refractivity contribution in [3.05, 3.63) is 6.20 Å². The van der Waals surface area contributed by atoms with Crippen molar-refractivity contribution in [3.8, 4) is 0 Å². The Balaban J connectivity index is 1.76. The molecule has 1 fully saturated rings. The standard InChI is InChI=1S/C11H21N5O/c1-15-11(9-13-14-15)16-6-3-10(4-7-16)17-8-2-5-12/h9-10H,2-8,12H2,1H3. The van der Waals surface area contributed by atoms with Gasteiger partial charge < -0.3 is 15.4 Å². The van der Waals surface area contributed by atoms with Gasteiger partial charge in [0.25, 0.3) is 0 Å². The first-order valence-corrected chi connectivity index (χ1v) is 6.22. The Labute approximate surface area is 102 Å². The quantitative estimate of drug-likeness (QED) is 0.741. The van der Waals surface area contributed by atoms with E-state index in [1.54, 1.807) is 0 Å². The third-order valence-electron chi connectivity index (χ3n) is 3.16. The number of nitrogens with two attached hydrogens (primary N) is 1. The number of ether oxygens (including phenoxy) is 1. The van der Waals surface area contributed by atoms with Gasteiger partial charge in [0, 0.05) is 26.7 Å². The summed E-state index contributed by atoms with van der Waals surface area (Å²) in [5.41, 5.74) is 5.44. The summed E-state index contributed by atoms with van der Waals surface area (Å²) < 4.78 is 7.59. The van der Waals surface area contributed by atoms with E-state index in [0.29, 0.717) is 12.6 Å². The van der Waals surface area contributed by atoms with Crippen LogP contribution in [0.2, 0.25) is 0 Å². The largest absolute Gasteiger partial charge is 0.378 e. The van der Waals surface area contributed by atoms with Crippen LogP contribution in [0.5, 0.6) is 0 Å². The molecule has 96 valence electrons. The van der Waals surface area contributed by atoms with Crippen molar-refractivity contribution in [1.82, 2.24) is 15.0 Å². The molecule has 0 aliphatic carbocycles. The fourth-order valence-electron chi connectivity index (χ4n) is 2.16. The van der Waals surface area contributed by atoms with Crippen LogP contribution in [0.25, 0.3) is 0 Å². The van der Waals surface area contributed by atoms with Crippen molar-refractivity contribution in [1.29, 1.82) is 0 Å². The molecular weight excluding hydrogens is 218 g/mol. The van der Waals surface area contributed by atoms with Gasteiger partial charge in [-0.3, -0.25) is 0 Å². The van der Waals surface area contributed by atoms with E-state index in [1.807, 2.05) is 17.9 Å². The van der Waals surface area contributed by atoms with Gasteiger partial charge in [-0.2, -0.15) is 0 Å². The summed E-state index contributed by atoms with van der Waals surface area (Å²) >= 11 is 0. The predicted octanol–water partition coefficient (Wildman–Crippen LogP) is 0.149. The molecule has 0 amide bonds. The van der Waals surface area contributed by atoms with Crippen LogP contribution < -0.4 is 10.6 Å². The van der Waals surface area contributed by atoms with Crippen LogP contribution in [0.15, 0.2) is 6.20 Å². The molecular formula is C11H21N5O. The number of piperidine rings is 1. The predicted molar refractivity (Wildman–Crippen MR) is 65.9 cm³/mol. The van der Waals surface area contributed by atoms with E-state index >= 15 is 0 Å². The maximum atomic E-state index is 5.77. The topological polar surface area (TPSA) is 69.2 Å². The summed E-state index contributed by atoms with van der Waals surface area (Å²) in [7, 11) is 1.92. The second kappa shape index (κ2) is 5.97. The zero-order valence-corrected chi connectivity index (χ0v) is 10.4. The molecule has 0 bridgehead atoms. The average Bonchev–Trinajstić information content (AvgIpc) is 2.77. The monoisotopic (exact) mass is 239 g/mol. The van der Waals surface area contributed by atoms with E-state index in [9.17, 15) is 0 Å². The van der Waals surface area contributed by atoms with E-state index in [-0.39, 0.29) is 0 Å².